The lowest BCUT2D eigenvalue weighted by atomic mass is 10.2. The summed E-state index contributed by atoms with van der Waals surface area (Å²) in [7, 11) is -4.19. The molecule has 18 heavy (non-hydrogen) atoms. The molecule has 0 saturated carbocycles. The number of hydrogen-bond donors (Lipinski definition) is 1. The van der Waals surface area contributed by atoms with E-state index in [9.17, 15) is 8.42 Å². The molecule has 0 aliphatic heterocycles. The second kappa shape index (κ2) is 8.45. The van der Waals surface area contributed by atoms with E-state index in [2.05, 4.69) is 20.8 Å². The maximum absolute atomic E-state index is 10.5. The van der Waals surface area contributed by atoms with E-state index in [0.29, 0.717) is 0 Å². The SMILES string of the molecule is CC[SiH](CC)CC.Cc1ccc(S(=O)(=O)O)cc1. The summed E-state index contributed by atoms with van der Waals surface area (Å²) < 4.78 is 29.6. The maximum Gasteiger partial charge on any atom is 0.294 e. The Morgan fingerprint density at radius 2 is 1.39 bits per heavy atom. The van der Waals surface area contributed by atoms with Gasteiger partial charge in [0.1, 0.15) is 0 Å². The highest BCUT2D eigenvalue weighted by atomic mass is 32.2. The molecular formula is C13H24O3SSi. The van der Waals surface area contributed by atoms with E-state index in [1.54, 1.807) is 12.1 Å². The van der Waals surface area contributed by atoms with Gasteiger partial charge >= 0.3 is 0 Å². The van der Waals surface area contributed by atoms with Gasteiger partial charge in [-0.25, -0.2) is 0 Å². The third kappa shape index (κ3) is 6.93. The fourth-order valence-electron chi connectivity index (χ4n) is 1.58. The van der Waals surface area contributed by atoms with Crippen LogP contribution in [-0.2, 0) is 10.1 Å². The predicted molar refractivity (Wildman–Crippen MR) is 79.6 cm³/mol. The van der Waals surface area contributed by atoms with Crippen molar-refractivity contribution in [1.82, 2.24) is 0 Å². The van der Waals surface area contributed by atoms with Crippen LogP contribution in [0.15, 0.2) is 29.2 Å². The van der Waals surface area contributed by atoms with Crippen molar-refractivity contribution in [3.63, 3.8) is 0 Å². The van der Waals surface area contributed by atoms with Crippen LogP contribution in [0.3, 0.4) is 0 Å². The first-order chi connectivity index (χ1) is 8.35. The van der Waals surface area contributed by atoms with Crippen LogP contribution < -0.4 is 0 Å². The van der Waals surface area contributed by atoms with Gasteiger partial charge in [-0.1, -0.05) is 56.6 Å². The number of rotatable bonds is 4. The van der Waals surface area contributed by atoms with Gasteiger partial charge in [0, 0.05) is 8.80 Å². The first-order valence-electron chi connectivity index (χ1n) is 6.39. The third-order valence-electron chi connectivity index (χ3n) is 3.05. The Balaban J connectivity index is 0.000000360. The van der Waals surface area contributed by atoms with E-state index in [1.807, 2.05) is 6.92 Å². The van der Waals surface area contributed by atoms with Crippen molar-refractivity contribution >= 4 is 18.9 Å². The highest BCUT2D eigenvalue weighted by Crippen LogP contribution is 2.08. The fourth-order valence-corrected chi connectivity index (χ4v) is 3.79. The minimum atomic E-state index is -4.02. The molecule has 0 aliphatic rings. The summed E-state index contributed by atoms with van der Waals surface area (Å²) in [6.07, 6.45) is 0. The fraction of sp³-hybridized carbons (Fsp3) is 0.538. The van der Waals surface area contributed by atoms with Crippen LogP contribution in [0, 0.1) is 6.92 Å². The van der Waals surface area contributed by atoms with Crippen LogP contribution in [0.25, 0.3) is 0 Å². The van der Waals surface area contributed by atoms with Crippen LogP contribution in [0.1, 0.15) is 26.3 Å². The highest BCUT2D eigenvalue weighted by Gasteiger charge is 2.06. The van der Waals surface area contributed by atoms with Gasteiger partial charge in [0.15, 0.2) is 0 Å². The van der Waals surface area contributed by atoms with Crippen molar-refractivity contribution < 1.29 is 13.0 Å². The molecule has 0 radical (unpaired) electrons. The molecule has 0 aromatic heterocycles. The van der Waals surface area contributed by atoms with Crippen molar-refractivity contribution in [1.29, 1.82) is 0 Å². The molecular weight excluding hydrogens is 264 g/mol. The molecule has 1 rings (SSSR count). The van der Waals surface area contributed by atoms with Gasteiger partial charge in [-0.3, -0.25) is 4.55 Å². The zero-order chi connectivity index (χ0) is 14.2. The number of benzene rings is 1. The summed E-state index contributed by atoms with van der Waals surface area (Å²) in [5.74, 6) is 0. The van der Waals surface area contributed by atoms with Crippen LogP contribution in [-0.4, -0.2) is 21.8 Å². The van der Waals surface area contributed by atoms with Gasteiger partial charge in [-0.2, -0.15) is 8.42 Å². The molecule has 0 spiro atoms. The van der Waals surface area contributed by atoms with Gasteiger partial charge in [0.05, 0.1) is 4.90 Å². The third-order valence-corrected chi connectivity index (χ3v) is 7.38. The van der Waals surface area contributed by atoms with Crippen molar-refractivity contribution in [2.45, 2.75) is 50.7 Å². The van der Waals surface area contributed by atoms with E-state index in [-0.39, 0.29) is 13.7 Å². The molecule has 0 bridgehead atoms. The first-order valence-corrected chi connectivity index (χ1v) is 10.3. The Hall–Kier alpha value is -0.653. The molecule has 0 atom stereocenters. The largest absolute Gasteiger partial charge is 0.294 e. The van der Waals surface area contributed by atoms with E-state index >= 15 is 0 Å². The monoisotopic (exact) mass is 288 g/mol. The second-order valence-corrected chi connectivity index (χ2v) is 9.98. The molecule has 1 N–H and O–H groups in total. The van der Waals surface area contributed by atoms with Gasteiger partial charge in [0.25, 0.3) is 10.1 Å². The maximum atomic E-state index is 10.5. The molecule has 0 aliphatic carbocycles. The van der Waals surface area contributed by atoms with Crippen molar-refractivity contribution in [2.24, 2.45) is 0 Å². The molecule has 5 heteroatoms. The van der Waals surface area contributed by atoms with Gasteiger partial charge in [-0.05, 0) is 19.1 Å². The van der Waals surface area contributed by atoms with Crippen LogP contribution >= 0.6 is 0 Å². The Morgan fingerprint density at radius 3 is 1.61 bits per heavy atom. The van der Waals surface area contributed by atoms with Crippen LogP contribution in [0.4, 0.5) is 0 Å². The Morgan fingerprint density at radius 1 is 1.00 bits per heavy atom. The Kier molecular flexibility index (Phi) is 8.14. The minimum Gasteiger partial charge on any atom is -0.282 e. The van der Waals surface area contributed by atoms with Gasteiger partial charge in [0.2, 0.25) is 0 Å². The normalized spacial score (nSPS) is 11.0. The topological polar surface area (TPSA) is 54.4 Å². The lowest BCUT2D eigenvalue weighted by Gasteiger charge is -2.03. The van der Waals surface area contributed by atoms with Gasteiger partial charge in [-0.15, -0.1) is 0 Å². The minimum absolute atomic E-state index is 0.0666. The zero-order valence-electron chi connectivity index (χ0n) is 11.7. The van der Waals surface area contributed by atoms with Gasteiger partial charge < -0.3 is 0 Å². The van der Waals surface area contributed by atoms with Crippen molar-refractivity contribution in [2.75, 3.05) is 0 Å². The Labute approximate surface area is 113 Å². The standard InChI is InChI=1S/C7H8O3S.C6H16Si/c1-6-2-4-7(5-3-6)11(8,9)10;1-4-7(5-2)6-3/h2-5H,1H3,(H,8,9,10);7H,4-6H2,1-3H3. The molecule has 0 amide bonds. The summed E-state index contributed by atoms with van der Waals surface area (Å²) in [5, 5.41) is 0. The molecule has 0 fully saturated rings. The molecule has 1 aromatic rings. The molecule has 0 saturated heterocycles. The van der Waals surface area contributed by atoms with Crippen LogP contribution in [0.2, 0.25) is 18.1 Å². The predicted octanol–water partition coefficient (Wildman–Crippen LogP) is 3.51. The summed E-state index contributed by atoms with van der Waals surface area (Å²) in [5.41, 5.74) is 0.956. The summed E-state index contributed by atoms with van der Waals surface area (Å²) >= 11 is 0. The van der Waals surface area contributed by atoms with Crippen LogP contribution in [0.5, 0.6) is 0 Å². The van der Waals surface area contributed by atoms with E-state index in [0.717, 1.165) is 5.56 Å². The summed E-state index contributed by atoms with van der Waals surface area (Å²) in [6.45, 7) is 8.81. The van der Waals surface area contributed by atoms with Crippen molar-refractivity contribution in [3.8, 4) is 0 Å². The highest BCUT2D eigenvalue weighted by molar-refractivity contribution is 7.85. The lowest BCUT2D eigenvalue weighted by Crippen LogP contribution is -2.04. The molecule has 1 aromatic carbocycles. The Bertz CT molecular complexity index is 417. The first kappa shape index (κ1) is 17.3. The number of aryl methyl sites for hydroxylation is 1. The quantitative estimate of drug-likeness (QED) is 0.681. The van der Waals surface area contributed by atoms with E-state index < -0.39 is 10.1 Å². The molecule has 0 heterocycles. The van der Waals surface area contributed by atoms with E-state index in [1.165, 1.54) is 30.3 Å². The molecule has 0 unspecified atom stereocenters. The number of hydrogen-bond acceptors (Lipinski definition) is 2. The lowest BCUT2D eigenvalue weighted by molar-refractivity contribution is 0.483. The molecule has 3 nitrogen and oxygen atoms in total. The average Bonchev–Trinajstić information content (AvgIpc) is 2.31. The smallest absolute Gasteiger partial charge is 0.282 e. The average molecular weight is 288 g/mol. The summed E-state index contributed by atoms with van der Waals surface area (Å²) in [4.78, 5) is -0.0666. The van der Waals surface area contributed by atoms with Crippen molar-refractivity contribution in [3.05, 3.63) is 29.8 Å². The zero-order valence-corrected chi connectivity index (χ0v) is 13.7. The molecule has 104 valence electrons. The van der Waals surface area contributed by atoms with E-state index in [4.69, 9.17) is 4.55 Å². The summed E-state index contributed by atoms with van der Waals surface area (Å²) in [6, 6.07) is 10.5. The second-order valence-electron chi connectivity index (χ2n) is 4.38.